The zero-order chi connectivity index (χ0) is 14.7. The van der Waals surface area contributed by atoms with E-state index in [4.69, 9.17) is 9.84 Å². The number of imidazole rings is 1. The van der Waals surface area contributed by atoms with E-state index in [2.05, 4.69) is 16.5 Å². The van der Waals surface area contributed by atoms with E-state index in [0.717, 1.165) is 29.2 Å². The zero-order valence-corrected chi connectivity index (χ0v) is 12.1. The van der Waals surface area contributed by atoms with Gasteiger partial charge in [-0.05, 0) is 25.0 Å². The van der Waals surface area contributed by atoms with Gasteiger partial charge in [0.25, 0.3) is 0 Å². The predicted octanol–water partition coefficient (Wildman–Crippen LogP) is 2.72. The number of hydrogen-bond acceptors (Lipinski definition) is 3. The third-order valence-corrected chi connectivity index (χ3v) is 3.40. The van der Waals surface area contributed by atoms with Crippen molar-refractivity contribution in [1.82, 2.24) is 9.55 Å². The van der Waals surface area contributed by atoms with Gasteiger partial charge in [-0.15, -0.1) is 0 Å². The Labute approximate surface area is 118 Å². The van der Waals surface area contributed by atoms with Gasteiger partial charge in [0.15, 0.2) is 0 Å². The molecule has 0 saturated heterocycles. The van der Waals surface area contributed by atoms with E-state index < -0.39 is 5.97 Å². The van der Waals surface area contributed by atoms with E-state index in [1.165, 1.54) is 0 Å². The standard InChI is InChI=1S/C15H20N2O3/c1-4-17-13-6-5-11(20-3)9-12(13)16-14(17)7-10(2)8-15(18)19/h5-6,9-10H,4,7-8H2,1-3H3,(H,18,19). The number of carboxylic acid groups (broad SMARTS) is 1. The number of ether oxygens (including phenoxy) is 1. The van der Waals surface area contributed by atoms with Gasteiger partial charge in [-0.3, -0.25) is 4.79 Å². The Bertz CT molecular complexity index is 619. The van der Waals surface area contributed by atoms with Gasteiger partial charge < -0.3 is 14.4 Å². The molecule has 0 bridgehead atoms. The van der Waals surface area contributed by atoms with Crippen LogP contribution in [-0.4, -0.2) is 27.7 Å². The fraction of sp³-hybridized carbons (Fsp3) is 0.467. The molecular weight excluding hydrogens is 256 g/mol. The topological polar surface area (TPSA) is 64.4 Å². The van der Waals surface area contributed by atoms with Crippen LogP contribution in [0.5, 0.6) is 5.75 Å². The molecule has 0 aliphatic carbocycles. The maximum Gasteiger partial charge on any atom is 0.303 e. The molecule has 5 nitrogen and oxygen atoms in total. The van der Waals surface area contributed by atoms with Crippen LogP contribution in [0.1, 0.15) is 26.1 Å². The first-order chi connectivity index (χ1) is 9.55. The second kappa shape index (κ2) is 5.94. The molecule has 0 radical (unpaired) electrons. The first-order valence-corrected chi connectivity index (χ1v) is 6.80. The quantitative estimate of drug-likeness (QED) is 0.881. The van der Waals surface area contributed by atoms with Crippen LogP contribution in [0.4, 0.5) is 0 Å². The van der Waals surface area contributed by atoms with Gasteiger partial charge in [0.05, 0.1) is 18.1 Å². The summed E-state index contributed by atoms with van der Waals surface area (Å²) < 4.78 is 7.34. The van der Waals surface area contributed by atoms with Gasteiger partial charge in [-0.25, -0.2) is 4.98 Å². The highest BCUT2D eigenvalue weighted by atomic mass is 16.5. The van der Waals surface area contributed by atoms with Crippen molar-refractivity contribution in [3.8, 4) is 5.75 Å². The van der Waals surface area contributed by atoms with Crippen molar-refractivity contribution in [2.24, 2.45) is 5.92 Å². The number of fused-ring (bicyclic) bond motifs is 1. The molecule has 20 heavy (non-hydrogen) atoms. The van der Waals surface area contributed by atoms with Gasteiger partial charge >= 0.3 is 5.97 Å². The van der Waals surface area contributed by atoms with E-state index in [1.807, 2.05) is 25.1 Å². The number of carboxylic acids is 1. The van der Waals surface area contributed by atoms with Gasteiger partial charge in [0.1, 0.15) is 11.6 Å². The molecule has 0 amide bonds. The lowest BCUT2D eigenvalue weighted by Gasteiger charge is -2.10. The number of nitrogens with zero attached hydrogens (tertiary/aromatic N) is 2. The van der Waals surface area contributed by atoms with E-state index >= 15 is 0 Å². The summed E-state index contributed by atoms with van der Waals surface area (Å²) in [5.41, 5.74) is 1.95. The summed E-state index contributed by atoms with van der Waals surface area (Å²) in [4.78, 5) is 15.4. The number of aromatic nitrogens is 2. The van der Waals surface area contributed by atoms with Crippen LogP contribution >= 0.6 is 0 Å². The first kappa shape index (κ1) is 14.4. The summed E-state index contributed by atoms with van der Waals surface area (Å²) in [5, 5.41) is 8.85. The molecule has 1 N–H and O–H groups in total. The van der Waals surface area contributed by atoms with Crippen molar-refractivity contribution >= 4 is 17.0 Å². The Kier molecular flexibility index (Phi) is 4.27. The van der Waals surface area contributed by atoms with E-state index in [9.17, 15) is 4.79 Å². The lowest BCUT2D eigenvalue weighted by Crippen LogP contribution is -2.11. The largest absolute Gasteiger partial charge is 0.497 e. The average molecular weight is 276 g/mol. The van der Waals surface area contributed by atoms with Crippen molar-refractivity contribution in [3.05, 3.63) is 24.0 Å². The molecule has 0 fully saturated rings. The minimum atomic E-state index is -0.765. The Morgan fingerprint density at radius 1 is 1.50 bits per heavy atom. The fourth-order valence-corrected chi connectivity index (χ4v) is 2.48. The molecule has 5 heteroatoms. The summed E-state index contributed by atoms with van der Waals surface area (Å²) in [6.07, 6.45) is 0.827. The minimum absolute atomic E-state index is 0.0662. The molecule has 0 saturated carbocycles. The highest BCUT2D eigenvalue weighted by Gasteiger charge is 2.15. The number of benzene rings is 1. The van der Waals surface area contributed by atoms with Crippen LogP contribution in [0, 0.1) is 5.92 Å². The van der Waals surface area contributed by atoms with Crippen LogP contribution < -0.4 is 4.74 Å². The fourth-order valence-electron chi connectivity index (χ4n) is 2.48. The summed E-state index contributed by atoms with van der Waals surface area (Å²) in [7, 11) is 1.63. The molecule has 0 aliphatic heterocycles. The number of carbonyl (C=O) groups is 1. The predicted molar refractivity (Wildman–Crippen MR) is 77.1 cm³/mol. The van der Waals surface area contributed by atoms with Crippen LogP contribution in [0.15, 0.2) is 18.2 Å². The number of rotatable bonds is 6. The Morgan fingerprint density at radius 2 is 2.25 bits per heavy atom. The molecule has 2 aromatic rings. The highest BCUT2D eigenvalue weighted by Crippen LogP contribution is 2.23. The monoisotopic (exact) mass is 276 g/mol. The average Bonchev–Trinajstić information content (AvgIpc) is 2.73. The summed E-state index contributed by atoms with van der Waals surface area (Å²) in [6.45, 7) is 4.82. The summed E-state index contributed by atoms with van der Waals surface area (Å²) in [6, 6.07) is 5.82. The van der Waals surface area contributed by atoms with Crippen molar-refractivity contribution in [1.29, 1.82) is 0 Å². The Morgan fingerprint density at radius 3 is 2.85 bits per heavy atom. The summed E-state index contributed by atoms with van der Waals surface area (Å²) in [5.74, 6) is 1.02. The molecular formula is C15H20N2O3. The number of methoxy groups -OCH3 is 1. The maximum atomic E-state index is 10.8. The van der Waals surface area contributed by atoms with Gasteiger partial charge in [-0.1, -0.05) is 6.92 Å². The van der Waals surface area contributed by atoms with E-state index in [-0.39, 0.29) is 12.3 Å². The lowest BCUT2D eigenvalue weighted by molar-refractivity contribution is -0.137. The molecule has 0 aliphatic rings. The lowest BCUT2D eigenvalue weighted by atomic mass is 10.0. The smallest absolute Gasteiger partial charge is 0.303 e. The van der Waals surface area contributed by atoms with Crippen molar-refractivity contribution < 1.29 is 14.6 Å². The highest BCUT2D eigenvalue weighted by molar-refractivity contribution is 5.77. The molecule has 1 aromatic heterocycles. The molecule has 1 heterocycles. The van der Waals surface area contributed by atoms with Crippen molar-refractivity contribution in [3.63, 3.8) is 0 Å². The molecule has 0 spiro atoms. The Hall–Kier alpha value is -2.04. The third-order valence-electron chi connectivity index (χ3n) is 3.40. The third kappa shape index (κ3) is 2.92. The van der Waals surface area contributed by atoms with E-state index in [1.54, 1.807) is 7.11 Å². The molecule has 1 aromatic carbocycles. The number of aliphatic carboxylic acids is 1. The zero-order valence-electron chi connectivity index (χ0n) is 12.1. The van der Waals surface area contributed by atoms with Crippen LogP contribution in [-0.2, 0) is 17.8 Å². The maximum absolute atomic E-state index is 10.8. The van der Waals surface area contributed by atoms with Crippen LogP contribution in [0.25, 0.3) is 11.0 Å². The summed E-state index contributed by atoms with van der Waals surface area (Å²) >= 11 is 0. The molecule has 1 atom stereocenters. The van der Waals surface area contributed by atoms with Crippen LogP contribution in [0.2, 0.25) is 0 Å². The Balaban J connectivity index is 2.34. The molecule has 2 rings (SSSR count). The normalized spacial score (nSPS) is 12.6. The van der Waals surface area contributed by atoms with Crippen molar-refractivity contribution in [2.45, 2.75) is 33.2 Å². The van der Waals surface area contributed by atoms with Crippen LogP contribution in [0.3, 0.4) is 0 Å². The van der Waals surface area contributed by atoms with Gasteiger partial charge in [0, 0.05) is 25.5 Å². The van der Waals surface area contributed by atoms with Crippen molar-refractivity contribution in [2.75, 3.05) is 7.11 Å². The number of aryl methyl sites for hydroxylation is 1. The molecule has 1 unspecified atom stereocenters. The SMILES string of the molecule is CCn1c(CC(C)CC(=O)O)nc2cc(OC)ccc21. The number of hydrogen-bond donors (Lipinski definition) is 1. The first-order valence-electron chi connectivity index (χ1n) is 6.80. The minimum Gasteiger partial charge on any atom is -0.497 e. The second-order valence-corrected chi connectivity index (χ2v) is 5.03. The second-order valence-electron chi connectivity index (χ2n) is 5.03. The van der Waals surface area contributed by atoms with E-state index in [0.29, 0.717) is 6.42 Å². The van der Waals surface area contributed by atoms with Gasteiger partial charge in [0.2, 0.25) is 0 Å². The van der Waals surface area contributed by atoms with Gasteiger partial charge in [-0.2, -0.15) is 0 Å². The molecule has 108 valence electrons.